The minimum absolute atomic E-state index is 0.148. The van der Waals surface area contributed by atoms with E-state index in [0.29, 0.717) is 23.8 Å². The lowest BCUT2D eigenvalue weighted by Crippen LogP contribution is -2.32. The van der Waals surface area contributed by atoms with Crippen molar-refractivity contribution in [2.75, 3.05) is 13.2 Å². The SMILES string of the molecule is Cc1[nH]c(C(c2ccccc2)(c2ccccc2)c2ccccc2)nc1C(=O)C#CCOC1CCCCO1. The second-order valence-electron chi connectivity index (χ2n) is 9.15. The van der Waals surface area contributed by atoms with E-state index in [2.05, 4.69) is 53.2 Å². The van der Waals surface area contributed by atoms with Gasteiger partial charge in [0.05, 0.1) is 0 Å². The standard InChI is InChI=1S/C32H30N2O3/c1-24-30(28(35)20-13-23-37-29-21-11-12-22-36-29)34-31(33-24)32(25-14-5-2-6-15-25,26-16-7-3-8-17-26)27-18-9-4-10-19-27/h2-10,14-19,29H,11-12,21-23H2,1H3,(H,33,34). The molecule has 1 saturated heterocycles. The van der Waals surface area contributed by atoms with Crippen LogP contribution in [0.5, 0.6) is 0 Å². The van der Waals surface area contributed by atoms with E-state index in [4.69, 9.17) is 14.5 Å². The topological polar surface area (TPSA) is 64.2 Å². The highest BCUT2D eigenvalue weighted by atomic mass is 16.7. The molecule has 1 unspecified atom stereocenters. The number of nitrogens with one attached hydrogen (secondary N) is 1. The Morgan fingerprint density at radius 1 is 0.946 bits per heavy atom. The highest BCUT2D eigenvalue weighted by Gasteiger charge is 2.41. The maximum Gasteiger partial charge on any atom is 0.256 e. The Balaban J connectivity index is 1.55. The zero-order valence-corrected chi connectivity index (χ0v) is 20.9. The fraction of sp³-hybridized carbons (Fsp3) is 0.250. The molecule has 5 heteroatoms. The molecular weight excluding hydrogens is 460 g/mol. The van der Waals surface area contributed by atoms with Gasteiger partial charge in [0.1, 0.15) is 23.5 Å². The summed E-state index contributed by atoms with van der Waals surface area (Å²) in [6.07, 6.45) is 2.76. The summed E-state index contributed by atoms with van der Waals surface area (Å²) in [5.41, 5.74) is 3.40. The number of benzene rings is 3. The maximum atomic E-state index is 13.1. The van der Waals surface area contributed by atoms with Crippen molar-refractivity contribution in [1.29, 1.82) is 0 Å². The molecule has 1 aromatic heterocycles. The normalized spacial score (nSPS) is 15.5. The third-order valence-electron chi connectivity index (χ3n) is 6.76. The number of H-pyrrole nitrogens is 1. The first-order valence-corrected chi connectivity index (χ1v) is 12.7. The molecule has 1 aliphatic heterocycles. The molecule has 37 heavy (non-hydrogen) atoms. The number of aromatic nitrogens is 2. The van der Waals surface area contributed by atoms with Gasteiger partial charge >= 0.3 is 0 Å². The van der Waals surface area contributed by atoms with Gasteiger partial charge in [0.25, 0.3) is 5.78 Å². The molecule has 5 rings (SSSR count). The second kappa shape index (κ2) is 11.4. The number of nitrogens with zero attached hydrogens (tertiary/aromatic N) is 1. The summed E-state index contributed by atoms with van der Waals surface area (Å²) < 4.78 is 11.2. The molecule has 4 aromatic rings. The van der Waals surface area contributed by atoms with E-state index in [1.807, 2.05) is 61.5 Å². The lowest BCUT2D eigenvalue weighted by atomic mass is 9.69. The van der Waals surface area contributed by atoms with E-state index in [0.717, 1.165) is 36.0 Å². The van der Waals surface area contributed by atoms with Crippen molar-refractivity contribution >= 4 is 5.78 Å². The highest BCUT2D eigenvalue weighted by molar-refractivity contribution is 6.08. The van der Waals surface area contributed by atoms with Gasteiger partial charge in [0.15, 0.2) is 6.29 Å². The van der Waals surface area contributed by atoms with Crippen LogP contribution in [0.1, 0.15) is 58.0 Å². The molecule has 2 heterocycles. The van der Waals surface area contributed by atoms with Gasteiger partial charge in [-0.25, -0.2) is 4.98 Å². The smallest absolute Gasteiger partial charge is 0.256 e. The molecule has 1 atom stereocenters. The minimum atomic E-state index is -0.748. The van der Waals surface area contributed by atoms with Crippen LogP contribution in [-0.2, 0) is 14.9 Å². The number of carbonyl (C=O) groups excluding carboxylic acids is 1. The summed E-state index contributed by atoms with van der Waals surface area (Å²) in [5, 5.41) is 0. The largest absolute Gasteiger partial charge is 0.353 e. The quantitative estimate of drug-likeness (QED) is 0.153. The number of aryl methyl sites for hydroxylation is 1. The molecule has 1 N–H and O–H groups in total. The van der Waals surface area contributed by atoms with Crippen LogP contribution in [0.3, 0.4) is 0 Å². The van der Waals surface area contributed by atoms with Crippen molar-refractivity contribution in [3.05, 3.63) is 125 Å². The maximum absolute atomic E-state index is 13.1. The van der Waals surface area contributed by atoms with E-state index in [1.165, 1.54) is 0 Å². The Labute approximate surface area is 217 Å². The van der Waals surface area contributed by atoms with Crippen LogP contribution in [0.2, 0.25) is 0 Å². The number of carbonyl (C=O) groups is 1. The molecule has 0 radical (unpaired) electrons. The third-order valence-corrected chi connectivity index (χ3v) is 6.76. The first kappa shape index (κ1) is 24.7. The minimum Gasteiger partial charge on any atom is -0.353 e. The third kappa shape index (κ3) is 5.13. The highest BCUT2D eigenvalue weighted by Crippen LogP contribution is 2.43. The van der Waals surface area contributed by atoms with Gasteiger partial charge in [-0.2, -0.15) is 0 Å². The van der Waals surface area contributed by atoms with Gasteiger partial charge in [-0.15, -0.1) is 0 Å². The monoisotopic (exact) mass is 490 g/mol. The fourth-order valence-corrected chi connectivity index (χ4v) is 4.99. The van der Waals surface area contributed by atoms with E-state index in [1.54, 1.807) is 0 Å². The number of hydrogen-bond donors (Lipinski definition) is 1. The molecular formula is C32H30N2O3. The van der Waals surface area contributed by atoms with Crippen LogP contribution in [0.25, 0.3) is 0 Å². The summed E-state index contributed by atoms with van der Waals surface area (Å²) in [4.78, 5) is 21.5. The van der Waals surface area contributed by atoms with E-state index in [9.17, 15) is 4.79 Å². The van der Waals surface area contributed by atoms with Crippen molar-refractivity contribution in [2.45, 2.75) is 37.9 Å². The summed E-state index contributed by atoms with van der Waals surface area (Å²) >= 11 is 0. The Morgan fingerprint density at radius 2 is 1.51 bits per heavy atom. The summed E-state index contributed by atoms with van der Waals surface area (Å²) in [6, 6.07) is 30.8. The number of rotatable bonds is 7. The lowest BCUT2D eigenvalue weighted by Gasteiger charge is -2.34. The number of Topliss-reactive ketones (excluding diaryl/α,β-unsaturated/α-hetero) is 1. The van der Waals surface area contributed by atoms with Gasteiger partial charge in [0, 0.05) is 12.3 Å². The molecule has 0 spiro atoms. The van der Waals surface area contributed by atoms with Gasteiger partial charge in [0.2, 0.25) is 0 Å². The van der Waals surface area contributed by atoms with Crippen LogP contribution in [0.15, 0.2) is 91.0 Å². The molecule has 186 valence electrons. The molecule has 0 saturated carbocycles. The van der Waals surface area contributed by atoms with Crippen molar-refractivity contribution in [2.24, 2.45) is 0 Å². The first-order chi connectivity index (χ1) is 18.2. The Morgan fingerprint density at radius 3 is 2.03 bits per heavy atom. The number of ether oxygens (including phenoxy) is 2. The van der Waals surface area contributed by atoms with Gasteiger partial charge < -0.3 is 14.5 Å². The van der Waals surface area contributed by atoms with Crippen LogP contribution in [0.4, 0.5) is 0 Å². The van der Waals surface area contributed by atoms with Crippen molar-refractivity contribution in [3.8, 4) is 11.8 Å². The summed E-state index contributed by atoms with van der Waals surface area (Å²) in [7, 11) is 0. The average molecular weight is 491 g/mol. The van der Waals surface area contributed by atoms with Crippen molar-refractivity contribution < 1.29 is 14.3 Å². The van der Waals surface area contributed by atoms with E-state index in [-0.39, 0.29) is 18.7 Å². The van der Waals surface area contributed by atoms with Gasteiger partial charge in [-0.1, -0.05) is 96.9 Å². The zero-order chi connectivity index (χ0) is 25.5. The Bertz CT molecular complexity index is 1280. The summed E-state index contributed by atoms with van der Waals surface area (Å²) in [6.45, 7) is 2.72. The molecule has 0 aliphatic carbocycles. The molecule has 0 amide bonds. The van der Waals surface area contributed by atoms with Gasteiger partial charge in [-0.05, 0) is 48.8 Å². The van der Waals surface area contributed by atoms with Gasteiger partial charge in [-0.3, -0.25) is 4.79 Å². The fourth-order valence-electron chi connectivity index (χ4n) is 4.99. The number of ketones is 1. The van der Waals surface area contributed by atoms with E-state index >= 15 is 0 Å². The van der Waals surface area contributed by atoms with Crippen molar-refractivity contribution in [3.63, 3.8) is 0 Å². The molecule has 3 aromatic carbocycles. The molecule has 0 bridgehead atoms. The average Bonchev–Trinajstić information content (AvgIpc) is 3.35. The number of imidazole rings is 1. The predicted octanol–water partition coefficient (Wildman–Crippen LogP) is 5.83. The summed E-state index contributed by atoms with van der Waals surface area (Å²) in [5.74, 6) is 5.89. The van der Waals surface area contributed by atoms with Crippen LogP contribution in [-0.4, -0.2) is 35.3 Å². The lowest BCUT2D eigenvalue weighted by molar-refractivity contribution is -0.154. The number of hydrogen-bond acceptors (Lipinski definition) is 4. The Kier molecular flexibility index (Phi) is 7.60. The van der Waals surface area contributed by atoms with Crippen LogP contribution < -0.4 is 0 Å². The predicted molar refractivity (Wildman–Crippen MR) is 143 cm³/mol. The zero-order valence-electron chi connectivity index (χ0n) is 20.9. The molecule has 1 aliphatic rings. The van der Waals surface area contributed by atoms with Crippen molar-refractivity contribution in [1.82, 2.24) is 9.97 Å². The number of aromatic amines is 1. The Hall–Kier alpha value is -3.98. The van der Waals surface area contributed by atoms with E-state index < -0.39 is 5.41 Å². The second-order valence-corrected chi connectivity index (χ2v) is 9.15. The first-order valence-electron chi connectivity index (χ1n) is 12.7. The van der Waals surface area contributed by atoms with Crippen LogP contribution >= 0.6 is 0 Å². The molecule has 5 nitrogen and oxygen atoms in total. The van der Waals surface area contributed by atoms with Crippen LogP contribution in [0, 0.1) is 18.8 Å². The molecule has 1 fully saturated rings.